The van der Waals surface area contributed by atoms with Gasteiger partial charge in [0.05, 0.1) is 6.54 Å². The van der Waals surface area contributed by atoms with Crippen molar-refractivity contribution in [3.8, 4) is 5.75 Å². The summed E-state index contributed by atoms with van der Waals surface area (Å²) in [4.78, 5) is 9.63. The first-order valence-electron chi connectivity index (χ1n) is 8.62. The van der Waals surface area contributed by atoms with E-state index < -0.39 is 0 Å². The molecule has 0 aromatic heterocycles. The molecule has 1 aliphatic rings. The van der Waals surface area contributed by atoms with E-state index in [1.807, 2.05) is 12.1 Å². The first-order valence-corrected chi connectivity index (χ1v) is 8.62. The van der Waals surface area contributed by atoms with E-state index in [1.165, 1.54) is 6.54 Å². The maximum absolute atomic E-state index is 9.35. The number of benzene rings is 1. The van der Waals surface area contributed by atoms with E-state index in [1.54, 1.807) is 12.1 Å². The normalized spacial score (nSPS) is 16.2. The van der Waals surface area contributed by atoms with Crippen LogP contribution in [0.15, 0.2) is 29.3 Å². The number of aromatic hydroxyl groups is 1. The summed E-state index contributed by atoms with van der Waals surface area (Å²) in [5.74, 6) is 2.01. The van der Waals surface area contributed by atoms with E-state index in [4.69, 9.17) is 4.99 Å². The zero-order chi connectivity index (χ0) is 16.7. The number of piperazine rings is 1. The summed E-state index contributed by atoms with van der Waals surface area (Å²) in [6, 6.07) is 7.26. The van der Waals surface area contributed by atoms with Gasteiger partial charge in [-0.05, 0) is 30.5 Å². The molecule has 0 aliphatic carbocycles. The molecule has 0 spiro atoms. The molecule has 5 nitrogen and oxygen atoms in total. The Morgan fingerprint density at radius 1 is 1.17 bits per heavy atom. The monoisotopic (exact) mass is 446 g/mol. The van der Waals surface area contributed by atoms with Gasteiger partial charge in [0.2, 0.25) is 0 Å². The zero-order valence-electron chi connectivity index (χ0n) is 15.0. The topological polar surface area (TPSA) is 51.1 Å². The average molecular weight is 446 g/mol. The van der Waals surface area contributed by atoms with Crippen LogP contribution in [0.3, 0.4) is 0 Å². The number of hydrogen-bond donors (Lipinski definition) is 2. The largest absolute Gasteiger partial charge is 0.508 e. The minimum absolute atomic E-state index is 0. The number of phenolic OH excluding ortho intramolecular Hbond substituents is 1. The van der Waals surface area contributed by atoms with Gasteiger partial charge in [0.25, 0.3) is 0 Å². The van der Waals surface area contributed by atoms with E-state index >= 15 is 0 Å². The smallest absolute Gasteiger partial charge is 0.194 e. The highest BCUT2D eigenvalue weighted by molar-refractivity contribution is 14.0. The van der Waals surface area contributed by atoms with Crippen molar-refractivity contribution >= 4 is 29.9 Å². The molecule has 0 radical (unpaired) electrons. The molecule has 24 heavy (non-hydrogen) atoms. The molecule has 0 unspecified atom stereocenters. The molecule has 1 fully saturated rings. The lowest BCUT2D eigenvalue weighted by atomic mass is 10.2. The lowest BCUT2D eigenvalue weighted by Gasteiger charge is -2.37. The summed E-state index contributed by atoms with van der Waals surface area (Å²) in [6.07, 6.45) is 0. The highest BCUT2D eigenvalue weighted by Crippen LogP contribution is 2.11. The summed E-state index contributed by atoms with van der Waals surface area (Å²) < 4.78 is 0. The van der Waals surface area contributed by atoms with Gasteiger partial charge >= 0.3 is 0 Å². The van der Waals surface area contributed by atoms with Crippen LogP contribution in [-0.4, -0.2) is 60.1 Å². The Morgan fingerprint density at radius 3 is 2.33 bits per heavy atom. The van der Waals surface area contributed by atoms with Crippen molar-refractivity contribution in [1.29, 1.82) is 0 Å². The minimum Gasteiger partial charge on any atom is -0.508 e. The lowest BCUT2D eigenvalue weighted by molar-refractivity contribution is 0.164. The molecule has 1 heterocycles. The second-order valence-corrected chi connectivity index (χ2v) is 6.52. The van der Waals surface area contributed by atoms with Crippen LogP contribution in [0, 0.1) is 5.92 Å². The molecule has 0 saturated carbocycles. The third-order valence-corrected chi connectivity index (χ3v) is 3.98. The summed E-state index contributed by atoms with van der Waals surface area (Å²) in [6.45, 7) is 13.6. The van der Waals surface area contributed by atoms with Gasteiger partial charge in [0.1, 0.15) is 5.75 Å². The number of halogens is 1. The number of nitrogens with zero attached hydrogens (tertiary/aromatic N) is 3. The van der Waals surface area contributed by atoms with Crippen LogP contribution in [0.4, 0.5) is 0 Å². The molecule has 0 amide bonds. The molecule has 0 bridgehead atoms. The molecule has 1 aromatic rings. The van der Waals surface area contributed by atoms with Gasteiger partial charge in [-0.15, -0.1) is 24.0 Å². The van der Waals surface area contributed by atoms with Crippen molar-refractivity contribution in [3.05, 3.63) is 29.8 Å². The highest BCUT2D eigenvalue weighted by Gasteiger charge is 2.19. The van der Waals surface area contributed by atoms with Crippen molar-refractivity contribution in [2.45, 2.75) is 27.3 Å². The Labute approximate surface area is 163 Å². The van der Waals surface area contributed by atoms with Crippen molar-refractivity contribution < 1.29 is 5.11 Å². The highest BCUT2D eigenvalue weighted by atomic mass is 127. The van der Waals surface area contributed by atoms with Crippen LogP contribution < -0.4 is 5.32 Å². The van der Waals surface area contributed by atoms with Gasteiger partial charge in [-0.3, -0.25) is 4.90 Å². The third kappa shape index (κ3) is 6.84. The number of aliphatic imine (C=N–C) groups is 1. The molecule has 1 aliphatic heterocycles. The van der Waals surface area contributed by atoms with Gasteiger partial charge in [-0.1, -0.05) is 26.0 Å². The lowest BCUT2D eigenvalue weighted by Crippen LogP contribution is -2.53. The molecule has 1 aromatic carbocycles. The Balaban J connectivity index is 0.00000288. The van der Waals surface area contributed by atoms with Crippen LogP contribution >= 0.6 is 24.0 Å². The van der Waals surface area contributed by atoms with Crippen molar-refractivity contribution in [2.75, 3.05) is 39.3 Å². The number of phenols is 1. The fraction of sp³-hybridized carbons (Fsp3) is 0.611. The number of nitrogens with one attached hydrogen (secondary N) is 1. The van der Waals surface area contributed by atoms with Gasteiger partial charge in [-0.25, -0.2) is 4.99 Å². The van der Waals surface area contributed by atoms with Crippen molar-refractivity contribution in [3.63, 3.8) is 0 Å². The SMILES string of the molecule is CCNC(=NCc1ccc(O)cc1)N1CCN(CC(C)C)CC1.I. The van der Waals surface area contributed by atoms with Crippen LogP contribution in [-0.2, 0) is 6.54 Å². The molecule has 136 valence electrons. The van der Waals surface area contributed by atoms with Crippen LogP contribution in [0.5, 0.6) is 5.75 Å². The van der Waals surface area contributed by atoms with E-state index in [0.717, 1.165) is 50.2 Å². The minimum atomic E-state index is 0. The quantitative estimate of drug-likeness (QED) is 0.415. The molecular formula is C18H31IN4O. The number of rotatable bonds is 5. The van der Waals surface area contributed by atoms with Gasteiger partial charge in [0.15, 0.2) is 5.96 Å². The van der Waals surface area contributed by atoms with Crippen LogP contribution in [0.25, 0.3) is 0 Å². The maximum atomic E-state index is 9.35. The number of hydrogen-bond acceptors (Lipinski definition) is 3. The average Bonchev–Trinajstić information content (AvgIpc) is 2.53. The fourth-order valence-electron chi connectivity index (χ4n) is 2.85. The Hall–Kier alpha value is -1.02. The predicted octanol–water partition coefficient (Wildman–Crippen LogP) is 2.75. The summed E-state index contributed by atoms with van der Waals surface area (Å²) in [5.41, 5.74) is 1.11. The van der Waals surface area contributed by atoms with Crippen LogP contribution in [0.2, 0.25) is 0 Å². The van der Waals surface area contributed by atoms with Crippen molar-refractivity contribution in [1.82, 2.24) is 15.1 Å². The van der Waals surface area contributed by atoms with Crippen LogP contribution in [0.1, 0.15) is 26.3 Å². The maximum Gasteiger partial charge on any atom is 0.194 e. The first-order chi connectivity index (χ1) is 11.1. The van der Waals surface area contributed by atoms with E-state index in [-0.39, 0.29) is 24.0 Å². The summed E-state index contributed by atoms with van der Waals surface area (Å²) in [7, 11) is 0. The Bertz CT molecular complexity index is 496. The van der Waals surface area contributed by atoms with E-state index in [9.17, 15) is 5.11 Å². The van der Waals surface area contributed by atoms with Gasteiger partial charge in [-0.2, -0.15) is 0 Å². The second kappa shape index (κ2) is 10.8. The summed E-state index contributed by atoms with van der Waals surface area (Å²) in [5, 5.41) is 12.7. The predicted molar refractivity (Wildman–Crippen MR) is 111 cm³/mol. The molecule has 6 heteroatoms. The molecule has 1 saturated heterocycles. The third-order valence-electron chi connectivity index (χ3n) is 3.98. The zero-order valence-corrected chi connectivity index (χ0v) is 17.4. The Kier molecular flexibility index (Phi) is 9.43. The standard InChI is InChI=1S/C18H30N4O.HI/c1-4-19-18(20-13-16-5-7-17(23)8-6-16)22-11-9-21(10-12-22)14-15(2)3;/h5-8,15,23H,4,9-14H2,1-3H3,(H,19,20);1H. The molecular weight excluding hydrogens is 415 g/mol. The van der Waals surface area contributed by atoms with E-state index in [0.29, 0.717) is 12.3 Å². The molecule has 0 atom stereocenters. The first kappa shape index (κ1) is 21.0. The summed E-state index contributed by atoms with van der Waals surface area (Å²) >= 11 is 0. The fourth-order valence-corrected chi connectivity index (χ4v) is 2.85. The van der Waals surface area contributed by atoms with Gasteiger partial charge in [0, 0.05) is 39.3 Å². The second-order valence-electron chi connectivity index (χ2n) is 6.52. The number of guanidine groups is 1. The van der Waals surface area contributed by atoms with Crippen molar-refractivity contribution in [2.24, 2.45) is 10.9 Å². The molecule has 2 N–H and O–H groups in total. The van der Waals surface area contributed by atoms with Gasteiger partial charge < -0.3 is 15.3 Å². The van der Waals surface area contributed by atoms with E-state index in [2.05, 4.69) is 35.9 Å². The molecule has 2 rings (SSSR count). The Morgan fingerprint density at radius 2 is 1.79 bits per heavy atom.